The molecule has 0 radical (unpaired) electrons. The van der Waals surface area contributed by atoms with Crippen molar-refractivity contribution in [1.82, 2.24) is 19.4 Å². The normalized spacial score (nSPS) is 23.3. The van der Waals surface area contributed by atoms with E-state index in [2.05, 4.69) is 22.0 Å². The number of hydrogen-bond acceptors (Lipinski definition) is 7. The molecule has 0 saturated carbocycles. The number of piperazine rings is 1. The molecule has 2 N–H and O–H groups in total. The molecule has 1 aliphatic heterocycles. The lowest BCUT2D eigenvalue weighted by molar-refractivity contribution is 0.144. The maximum atomic E-state index is 12.3. The zero-order valence-corrected chi connectivity index (χ0v) is 12.0. The van der Waals surface area contributed by atoms with Crippen LogP contribution in [0.5, 0.6) is 0 Å². The molecule has 0 aliphatic carbocycles. The molecule has 0 spiro atoms. The van der Waals surface area contributed by atoms with Gasteiger partial charge in [0.2, 0.25) is 9.47 Å². The van der Waals surface area contributed by atoms with Crippen molar-refractivity contribution in [3.05, 3.63) is 0 Å². The molecule has 1 atom stereocenters. The highest BCUT2D eigenvalue weighted by Gasteiger charge is 2.34. The lowest BCUT2D eigenvalue weighted by Crippen LogP contribution is -2.52. The molecule has 18 heavy (non-hydrogen) atoms. The van der Waals surface area contributed by atoms with Gasteiger partial charge in [0, 0.05) is 25.7 Å². The topological polar surface area (TPSA) is 92.4 Å². The maximum absolute atomic E-state index is 12.3. The second kappa shape index (κ2) is 5.08. The molecule has 0 aromatic carbocycles. The summed E-state index contributed by atoms with van der Waals surface area (Å²) in [6, 6.07) is 0.249. The fourth-order valence-corrected chi connectivity index (χ4v) is 4.40. The van der Waals surface area contributed by atoms with E-state index >= 15 is 0 Å². The van der Waals surface area contributed by atoms with Crippen molar-refractivity contribution >= 4 is 26.5 Å². The SMILES string of the molecule is CCC1CN(S(=O)(=O)c2nnc(N)s2)CCN1C. The Kier molecular flexibility index (Phi) is 3.85. The highest BCUT2D eigenvalue weighted by molar-refractivity contribution is 7.91. The van der Waals surface area contributed by atoms with Crippen molar-refractivity contribution in [3.8, 4) is 0 Å². The summed E-state index contributed by atoms with van der Waals surface area (Å²) in [5.41, 5.74) is 5.43. The number of rotatable bonds is 3. The van der Waals surface area contributed by atoms with Crippen molar-refractivity contribution in [2.24, 2.45) is 0 Å². The third-order valence-electron chi connectivity index (χ3n) is 3.19. The summed E-state index contributed by atoms with van der Waals surface area (Å²) in [5.74, 6) is 0. The molecule has 9 heteroatoms. The van der Waals surface area contributed by atoms with E-state index in [-0.39, 0.29) is 15.5 Å². The Morgan fingerprint density at radius 2 is 2.17 bits per heavy atom. The number of nitrogens with two attached hydrogens (primary N) is 1. The van der Waals surface area contributed by atoms with Crippen molar-refractivity contribution < 1.29 is 8.42 Å². The summed E-state index contributed by atoms with van der Waals surface area (Å²) in [6.45, 7) is 3.76. The number of hydrogen-bond donors (Lipinski definition) is 1. The molecule has 2 heterocycles. The minimum atomic E-state index is -3.54. The predicted molar refractivity (Wildman–Crippen MR) is 69.8 cm³/mol. The van der Waals surface area contributed by atoms with Crippen LogP contribution in [-0.4, -0.2) is 60.5 Å². The monoisotopic (exact) mass is 291 g/mol. The average molecular weight is 291 g/mol. The number of likely N-dealkylation sites (N-methyl/N-ethyl adjacent to an activating group) is 1. The predicted octanol–water partition coefficient (Wildman–Crippen LogP) is -0.165. The third kappa shape index (κ3) is 2.48. The van der Waals surface area contributed by atoms with Gasteiger partial charge in [0.25, 0.3) is 10.0 Å². The van der Waals surface area contributed by atoms with Crippen LogP contribution in [-0.2, 0) is 10.0 Å². The van der Waals surface area contributed by atoms with Crippen LogP contribution in [0.1, 0.15) is 13.3 Å². The smallest absolute Gasteiger partial charge is 0.272 e. The molecule has 0 amide bonds. The van der Waals surface area contributed by atoms with E-state index in [9.17, 15) is 8.42 Å². The number of anilines is 1. The van der Waals surface area contributed by atoms with Crippen molar-refractivity contribution in [2.45, 2.75) is 23.7 Å². The zero-order valence-electron chi connectivity index (χ0n) is 10.4. The van der Waals surface area contributed by atoms with Gasteiger partial charge < -0.3 is 10.6 Å². The van der Waals surface area contributed by atoms with Gasteiger partial charge in [-0.1, -0.05) is 18.3 Å². The molecular weight excluding hydrogens is 274 g/mol. The van der Waals surface area contributed by atoms with E-state index in [1.54, 1.807) is 0 Å². The van der Waals surface area contributed by atoms with Gasteiger partial charge >= 0.3 is 0 Å². The Morgan fingerprint density at radius 3 is 2.72 bits per heavy atom. The standard InChI is InChI=1S/C9H17N5O2S2/c1-3-7-6-14(5-4-13(7)2)18(15,16)9-12-11-8(10)17-9/h7H,3-6H2,1-2H3,(H2,10,11). The lowest BCUT2D eigenvalue weighted by atomic mass is 10.1. The molecule has 2 rings (SSSR count). The Morgan fingerprint density at radius 1 is 1.44 bits per heavy atom. The average Bonchev–Trinajstić information content (AvgIpc) is 2.77. The Bertz CT molecular complexity index is 515. The molecule has 1 saturated heterocycles. The van der Waals surface area contributed by atoms with Crippen molar-refractivity contribution in [1.29, 1.82) is 0 Å². The first-order valence-corrected chi connectivity index (χ1v) is 8.00. The summed E-state index contributed by atoms with van der Waals surface area (Å²) >= 11 is 0.910. The second-order valence-electron chi connectivity index (χ2n) is 4.31. The van der Waals surface area contributed by atoms with Crippen LogP contribution in [0.2, 0.25) is 0 Å². The zero-order chi connectivity index (χ0) is 13.3. The maximum Gasteiger partial charge on any atom is 0.272 e. The number of nitrogens with zero attached hydrogens (tertiary/aromatic N) is 4. The largest absolute Gasteiger partial charge is 0.374 e. The van der Waals surface area contributed by atoms with Gasteiger partial charge in [-0.25, -0.2) is 8.42 Å². The van der Waals surface area contributed by atoms with Gasteiger partial charge in [-0.2, -0.15) is 4.31 Å². The Hall–Kier alpha value is -0.770. The minimum Gasteiger partial charge on any atom is -0.374 e. The summed E-state index contributed by atoms with van der Waals surface area (Å²) < 4.78 is 26.1. The van der Waals surface area contributed by atoms with Gasteiger partial charge in [-0.15, -0.1) is 10.2 Å². The van der Waals surface area contributed by atoms with Crippen LogP contribution >= 0.6 is 11.3 Å². The van der Waals surface area contributed by atoms with Gasteiger partial charge in [-0.05, 0) is 13.5 Å². The highest BCUT2D eigenvalue weighted by Crippen LogP contribution is 2.23. The van der Waals surface area contributed by atoms with Crippen molar-refractivity contribution in [2.75, 3.05) is 32.4 Å². The van der Waals surface area contributed by atoms with Gasteiger partial charge in [0.05, 0.1) is 0 Å². The summed E-state index contributed by atoms with van der Waals surface area (Å²) in [7, 11) is -1.52. The molecule has 0 bridgehead atoms. The molecule has 102 valence electrons. The summed E-state index contributed by atoms with van der Waals surface area (Å²) in [6.07, 6.45) is 0.917. The number of nitrogen functional groups attached to an aromatic ring is 1. The molecular formula is C9H17N5O2S2. The first kappa shape index (κ1) is 13.7. The molecule has 1 aromatic rings. The third-order valence-corrected chi connectivity index (χ3v) is 6.16. The Balaban J connectivity index is 2.21. The second-order valence-corrected chi connectivity index (χ2v) is 7.43. The fraction of sp³-hybridized carbons (Fsp3) is 0.778. The lowest BCUT2D eigenvalue weighted by Gasteiger charge is -2.37. The molecule has 1 unspecified atom stereocenters. The van der Waals surface area contributed by atoms with Crippen LogP contribution in [0.25, 0.3) is 0 Å². The quantitative estimate of drug-likeness (QED) is 0.831. The minimum absolute atomic E-state index is 0.0144. The van der Waals surface area contributed by atoms with Gasteiger partial charge in [0.1, 0.15) is 0 Å². The van der Waals surface area contributed by atoms with E-state index in [1.165, 1.54) is 4.31 Å². The first-order valence-electron chi connectivity index (χ1n) is 5.74. The Labute approximate surface area is 111 Å². The molecule has 1 fully saturated rings. The highest BCUT2D eigenvalue weighted by atomic mass is 32.2. The van der Waals surface area contributed by atoms with E-state index < -0.39 is 10.0 Å². The van der Waals surface area contributed by atoms with E-state index in [1.807, 2.05) is 7.05 Å². The summed E-state index contributed by atoms with van der Waals surface area (Å²) in [4.78, 5) is 2.18. The molecule has 1 aromatic heterocycles. The van der Waals surface area contributed by atoms with Crippen LogP contribution in [0.4, 0.5) is 5.13 Å². The molecule has 7 nitrogen and oxygen atoms in total. The number of sulfonamides is 1. The molecule has 1 aliphatic rings. The van der Waals surface area contributed by atoms with E-state index in [0.717, 1.165) is 24.3 Å². The fourth-order valence-electron chi connectivity index (χ4n) is 2.01. The first-order chi connectivity index (χ1) is 8.45. The van der Waals surface area contributed by atoms with E-state index in [0.29, 0.717) is 13.1 Å². The van der Waals surface area contributed by atoms with Gasteiger partial charge in [0.15, 0.2) is 0 Å². The van der Waals surface area contributed by atoms with Crippen LogP contribution in [0, 0.1) is 0 Å². The van der Waals surface area contributed by atoms with Crippen molar-refractivity contribution in [3.63, 3.8) is 0 Å². The number of aromatic nitrogens is 2. The van der Waals surface area contributed by atoms with E-state index in [4.69, 9.17) is 5.73 Å². The van der Waals surface area contributed by atoms with Gasteiger partial charge in [-0.3, -0.25) is 0 Å². The van der Waals surface area contributed by atoms with Crippen LogP contribution < -0.4 is 5.73 Å². The summed E-state index contributed by atoms with van der Waals surface area (Å²) in [5, 5.41) is 7.37. The van der Waals surface area contributed by atoms with Crippen LogP contribution in [0.3, 0.4) is 0 Å². The van der Waals surface area contributed by atoms with Crippen LogP contribution in [0.15, 0.2) is 4.34 Å².